The van der Waals surface area contributed by atoms with Gasteiger partial charge in [-0.1, -0.05) is 159 Å². The third-order valence-corrected chi connectivity index (χ3v) is 16.1. The van der Waals surface area contributed by atoms with Crippen molar-refractivity contribution in [3.8, 4) is 16.8 Å². The summed E-state index contributed by atoms with van der Waals surface area (Å²) in [6.07, 6.45) is 0. The molecular weight excluding hydrogens is 722 g/mol. The molecule has 0 bridgehead atoms. The lowest BCUT2D eigenvalue weighted by Crippen LogP contribution is -2.25. The Morgan fingerprint density at radius 2 is 0.879 bits per heavy atom. The number of nitrogens with zero attached hydrogens (tertiary/aromatic N) is 1. The highest BCUT2D eigenvalue weighted by Crippen LogP contribution is 2.54. The van der Waals surface area contributed by atoms with Gasteiger partial charge in [0.1, 0.15) is 0 Å². The molecule has 0 saturated carbocycles. The minimum atomic E-state index is -3.30. The Morgan fingerprint density at radius 3 is 1.53 bits per heavy atom. The van der Waals surface area contributed by atoms with E-state index in [0.29, 0.717) is 0 Å². The summed E-state index contributed by atoms with van der Waals surface area (Å²) < 4.78 is 18.5. The molecule has 1 aliphatic rings. The molecule has 0 saturated heterocycles. The lowest BCUT2D eigenvalue weighted by molar-refractivity contribution is 0.592. The second-order valence-corrected chi connectivity index (χ2v) is 19.1. The molecule has 11 aromatic rings. The number of benzene rings is 10. The van der Waals surface area contributed by atoms with Crippen LogP contribution in [-0.4, -0.2) is 4.57 Å². The maximum atomic E-state index is 16.1. The lowest BCUT2D eigenvalue weighted by Gasteiger charge is -2.25. The van der Waals surface area contributed by atoms with Gasteiger partial charge in [-0.2, -0.15) is 0 Å². The van der Waals surface area contributed by atoms with Gasteiger partial charge in [0.2, 0.25) is 0 Å². The van der Waals surface area contributed by atoms with Crippen LogP contribution in [0.4, 0.5) is 0 Å². The number of para-hydroxylation sites is 2. The molecule has 1 aromatic heterocycles. The van der Waals surface area contributed by atoms with Crippen molar-refractivity contribution >= 4 is 88.0 Å². The van der Waals surface area contributed by atoms with Crippen LogP contribution in [0.1, 0.15) is 25.0 Å². The van der Waals surface area contributed by atoms with Gasteiger partial charge >= 0.3 is 0 Å². The van der Waals surface area contributed by atoms with Gasteiger partial charge in [-0.25, -0.2) is 0 Å². The van der Waals surface area contributed by atoms with Crippen molar-refractivity contribution in [2.45, 2.75) is 19.3 Å². The maximum absolute atomic E-state index is 16.1. The van der Waals surface area contributed by atoms with E-state index in [0.717, 1.165) is 32.1 Å². The van der Waals surface area contributed by atoms with Crippen molar-refractivity contribution in [2.24, 2.45) is 0 Å². The van der Waals surface area contributed by atoms with Crippen LogP contribution < -0.4 is 15.9 Å². The fourth-order valence-electron chi connectivity index (χ4n) is 10.3. The van der Waals surface area contributed by atoms with E-state index >= 15 is 4.57 Å². The van der Waals surface area contributed by atoms with Crippen LogP contribution in [0.3, 0.4) is 0 Å². The Labute approximate surface area is 337 Å². The van der Waals surface area contributed by atoms with Gasteiger partial charge in [-0.3, -0.25) is 0 Å². The molecule has 0 unspecified atom stereocenters. The highest BCUT2D eigenvalue weighted by molar-refractivity contribution is 7.85. The highest BCUT2D eigenvalue weighted by Gasteiger charge is 2.38. The Morgan fingerprint density at radius 1 is 0.397 bits per heavy atom. The Bertz CT molecular complexity index is 3500. The third kappa shape index (κ3) is 4.47. The molecule has 0 radical (unpaired) electrons. The molecular formula is C55H38NOP. The average Bonchev–Trinajstić information content (AvgIpc) is 3.72. The fraction of sp³-hybridized carbons (Fsp3) is 0.0545. The average molecular weight is 760 g/mol. The zero-order chi connectivity index (χ0) is 38.8. The van der Waals surface area contributed by atoms with Gasteiger partial charge in [0, 0.05) is 37.8 Å². The van der Waals surface area contributed by atoms with Crippen molar-refractivity contribution in [1.29, 1.82) is 0 Å². The van der Waals surface area contributed by atoms with Crippen molar-refractivity contribution in [3.05, 3.63) is 205 Å². The molecule has 10 aromatic carbocycles. The molecule has 1 aliphatic carbocycles. The van der Waals surface area contributed by atoms with Crippen LogP contribution >= 0.6 is 7.14 Å². The van der Waals surface area contributed by atoms with Crippen LogP contribution in [0, 0.1) is 0 Å². The molecule has 58 heavy (non-hydrogen) atoms. The Balaban J connectivity index is 1.19. The van der Waals surface area contributed by atoms with Crippen LogP contribution in [-0.2, 0) is 9.98 Å². The minimum absolute atomic E-state index is 0.255. The summed E-state index contributed by atoms with van der Waals surface area (Å²) in [6.45, 7) is 4.78. The van der Waals surface area contributed by atoms with Crippen molar-refractivity contribution < 1.29 is 4.57 Å². The Kier molecular flexibility index (Phi) is 6.99. The molecule has 0 aliphatic heterocycles. The molecule has 0 N–H and O–H groups in total. The van der Waals surface area contributed by atoms with E-state index in [2.05, 4.69) is 152 Å². The normalized spacial score (nSPS) is 13.6. The number of rotatable bonds is 4. The zero-order valence-corrected chi connectivity index (χ0v) is 33.2. The van der Waals surface area contributed by atoms with Gasteiger partial charge in [-0.15, -0.1) is 0 Å². The summed E-state index contributed by atoms with van der Waals surface area (Å²) in [7, 11) is -3.30. The summed E-state index contributed by atoms with van der Waals surface area (Å²) in [4.78, 5) is 0. The van der Waals surface area contributed by atoms with E-state index in [1.165, 1.54) is 76.7 Å². The lowest BCUT2D eigenvalue weighted by atomic mass is 9.80. The summed E-state index contributed by atoms with van der Waals surface area (Å²) in [5.74, 6) is 0. The first kappa shape index (κ1) is 33.4. The first-order valence-electron chi connectivity index (χ1n) is 20.1. The van der Waals surface area contributed by atoms with Crippen LogP contribution in [0.2, 0.25) is 0 Å². The molecule has 0 fully saturated rings. The van der Waals surface area contributed by atoms with Crippen LogP contribution in [0.5, 0.6) is 0 Å². The third-order valence-electron chi connectivity index (χ3n) is 13.0. The maximum Gasteiger partial charge on any atom is 0.171 e. The van der Waals surface area contributed by atoms with Gasteiger partial charge < -0.3 is 9.13 Å². The molecule has 1 heterocycles. The summed E-state index contributed by atoms with van der Waals surface area (Å²) >= 11 is 0. The first-order valence-corrected chi connectivity index (χ1v) is 21.8. The van der Waals surface area contributed by atoms with Crippen LogP contribution in [0.25, 0.3) is 81.7 Å². The second-order valence-electron chi connectivity index (χ2n) is 16.4. The smallest absolute Gasteiger partial charge is 0.171 e. The Hall–Kier alpha value is -6.73. The minimum Gasteiger partial charge on any atom is -0.309 e. The van der Waals surface area contributed by atoms with Crippen LogP contribution in [0.15, 0.2) is 194 Å². The fourth-order valence-corrected chi connectivity index (χ4v) is 13.2. The van der Waals surface area contributed by atoms with E-state index in [1.54, 1.807) is 0 Å². The van der Waals surface area contributed by atoms with E-state index in [-0.39, 0.29) is 5.41 Å². The van der Waals surface area contributed by atoms with E-state index < -0.39 is 7.14 Å². The highest BCUT2D eigenvalue weighted by atomic mass is 31.2. The predicted octanol–water partition coefficient (Wildman–Crippen LogP) is 13.3. The van der Waals surface area contributed by atoms with E-state index in [4.69, 9.17) is 0 Å². The van der Waals surface area contributed by atoms with Gasteiger partial charge in [0.25, 0.3) is 0 Å². The topological polar surface area (TPSA) is 22.0 Å². The second kappa shape index (κ2) is 12.1. The monoisotopic (exact) mass is 759 g/mol. The summed E-state index contributed by atoms with van der Waals surface area (Å²) in [6, 6.07) is 69.3. The summed E-state index contributed by atoms with van der Waals surface area (Å²) in [5, 5.41) is 14.4. The van der Waals surface area contributed by atoms with Crippen molar-refractivity contribution in [1.82, 2.24) is 4.57 Å². The molecule has 2 nitrogen and oxygen atoms in total. The molecule has 3 heteroatoms. The molecule has 0 atom stereocenters. The molecule has 0 spiro atoms. The van der Waals surface area contributed by atoms with E-state index in [9.17, 15) is 0 Å². The number of hydrogen-bond acceptors (Lipinski definition) is 1. The van der Waals surface area contributed by atoms with Gasteiger partial charge in [0.15, 0.2) is 7.14 Å². The standard InChI is InChI=1S/C55H38NOP/c1-55(2)49-32-47-43(30-44(49)45-31-46-40-26-16-17-29-51(40)56(52(46)34-50(45)55)35-18-6-3-7-19-35)38-24-12-13-25-39(38)48-33-53(41-27-14-15-28-42(41)54(47)48)58(57,36-20-8-4-9-21-36)37-22-10-5-11-23-37/h3-34H,1-2H3. The zero-order valence-electron chi connectivity index (χ0n) is 32.3. The largest absolute Gasteiger partial charge is 0.309 e. The van der Waals surface area contributed by atoms with Gasteiger partial charge in [-0.05, 0) is 114 Å². The molecule has 274 valence electrons. The quantitative estimate of drug-likeness (QED) is 0.129. The molecule has 12 rings (SSSR count). The van der Waals surface area contributed by atoms with Crippen molar-refractivity contribution in [3.63, 3.8) is 0 Å². The predicted molar refractivity (Wildman–Crippen MR) is 248 cm³/mol. The van der Waals surface area contributed by atoms with E-state index in [1.807, 2.05) is 60.7 Å². The number of hydrogen-bond donors (Lipinski definition) is 0. The SMILES string of the molecule is CC1(C)c2cc3c(cc2-c2cc4c5ccccc5n(-c5ccccc5)c4cc21)c1ccccc1c1cc(P(=O)(c2ccccc2)c2ccccc2)c2ccccc2c31. The summed E-state index contributed by atoms with van der Waals surface area (Å²) in [5.41, 5.74) is 8.65. The van der Waals surface area contributed by atoms with Gasteiger partial charge in [0.05, 0.1) is 11.0 Å². The number of aromatic nitrogens is 1. The number of fused-ring (bicyclic) bond motifs is 14. The van der Waals surface area contributed by atoms with Crippen molar-refractivity contribution in [2.75, 3.05) is 0 Å². The first-order chi connectivity index (χ1) is 28.4. The molecule has 0 amide bonds.